The van der Waals surface area contributed by atoms with Crippen LogP contribution in [0.5, 0.6) is 0 Å². The molecule has 1 N–H and O–H groups in total. The number of nitrogens with one attached hydrogen (secondary N) is 1. The summed E-state index contributed by atoms with van der Waals surface area (Å²) in [6, 6.07) is 0. The first-order valence-electron chi connectivity index (χ1n) is 7.50. The van der Waals surface area contributed by atoms with Crippen LogP contribution in [0.15, 0.2) is 0 Å². The Bertz CT molecular complexity index is 251. The van der Waals surface area contributed by atoms with Crippen LogP contribution in [0.1, 0.15) is 46.5 Å². The van der Waals surface area contributed by atoms with Gasteiger partial charge in [-0.05, 0) is 44.2 Å². The van der Waals surface area contributed by atoms with E-state index in [0.717, 1.165) is 38.9 Å². The number of hydrogen-bond acceptors (Lipinski definition) is 2. The van der Waals surface area contributed by atoms with Crippen molar-refractivity contribution in [2.75, 3.05) is 26.7 Å². The zero-order valence-electron chi connectivity index (χ0n) is 12.5. The second kappa shape index (κ2) is 7.78. The Balaban J connectivity index is 2.45. The van der Waals surface area contributed by atoms with Crippen molar-refractivity contribution in [3.05, 3.63) is 0 Å². The molecule has 1 amide bonds. The molecule has 1 fully saturated rings. The zero-order valence-corrected chi connectivity index (χ0v) is 12.5. The Morgan fingerprint density at radius 3 is 2.72 bits per heavy atom. The minimum Gasteiger partial charge on any atom is -0.342 e. The molecular formula is C15H30N2O. The Hall–Kier alpha value is -0.570. The van der Waals surface area contributed by atoms with Crippen molar-refractivity contribution < 1.29 is 4.79 Å². The molecule has 3 heteroatoms. The lowest BCUT2D eigenvalue weighted by atomic mass is 9.89. The maximum absolute atomic E-state index is 12.3. The molecule has 0 aromatic carbocycles. The van der Waals surface area contributed by atoms with Gasteiger partial charge in [0.15, 0.2) is 0 Å². The predicted octanol–water partition coefficient (Wildman–Crippen LogP) is 2.52. The van der Waals surface area contributed by atoms with Gasteiger partial charge in [0, 0.05) is 19.5 Å². The van der Waals surface area contributed by atoms with E-state index in [-0.39, 0.29) is 0 Å². The molecule has 1 saturated heterocycles. The smallest absolute Gasteiger partial charge is 0.222 e. The van der Waals surface area contributed by atoms with Gasteiger partial charge >= 0.3 is 0 Å². The number of rotatable bonds is 6. The highest BCUT2D eigenvalue weighted by Gasteiger charge is 2.25. The second-order valence-corrected chi connectivity index (χ2v) is 6.02. The van der Waals surface area contributed by atoms with E-state index in [4.69, 9.17) is 0 Å². The molecule has 0 bridgehead atoms. The molecule has 0 aromatic rings. The summed E-state index contributed by atoms with van der Waals surface area (Å²) in [5.74, 6) is 2.17. The van der Waals surface area contributed by atoms with Crippen LogP contribution in [0.25, 0.3) is 0 Å². The molecular weight excluding hydrogens is 224 g/mol. The fourth-order valence-electron chi connectivity index (χ4n) is 2.95. The van der Waals surface area contributed by atoms with Crippen LogP contribution < -0.4 is 5.32 Å². The van der Waals surface area contributed by atoms with E-state index in [0.29, 0.717) is 23.7 Å². The molecule has 3 nitrogen and oxygen atoms in total. The van der Waals surface area contributed by atoms with Crippen molar-refractivity contribution in [3.8, 4) is 0 Å². The van der Waals surface area contributed by atoms with Crippen LogP contribution in [0.2, 0.25) is 0 Å². The summed E-state index contributed by atoms with van der Waals surface area (Å²) >= 11 is 0. The summed E-state index contributed by atoms with van der Waals surface area (Å²) in [7, 11) is 1.99. The fraction of sp³-hybridized carbons (Fsp3) is 0.933. The topological polar surface area (TPSA) is 32.3 Å². The van der Waals surface area contributed by atoms with Crippen LogP contribution in [0, 0.1) is 17.8 Å². The Morgan fingerprint density at radius 1 is 1.44 bits per heavy atom. The average Bonchev–Trinajstić information content (AvgIpc) is 2.36. The number of carbonyl (C=O) groups is 1. The van der Waals surface area contributed by atoms with Gasteiger partial charge in [-0.2, -0.15) is 0 Å². The third kappa shape index (κ3) is 4.60. The maximum atomic E-state index is 12.3. The lowest BCUT2D eigenvalue weighted by Gasteiger charge is -2.34. The standard InChI is InChI=1S/C15H30N2O/c1-5-14(12(2)3)9-15(18)17-8-6-7-13(11-17)10-16-4/h12-14,16H,5-11H2,1-4H3. The van der Waals surface area contributed by atoms with Crippen LogP contribution in [-0.2, 0) is 4.79 Å². The van der Waals surface area contributed by atoms with E-state index in [2.05, 4.69) is 31.0 Å². The summed E-state index contributed by atoms with van der Waals surface area (Å²) in [5.41, 5.74) is 0. The highest BCUT2D eigenvalue weighted by Crippen LogP contribution is 2.22. The second-order valence-electron chi connectivity index (χ2n) is 6.02. The van der Waals surface area contributed by atoms with Crippen LogP contribution in [0.3, 0.4) is 0 Å². The van der Waals surface area contributed by atoms with Crippen LogP contribution in [-0.4, -0.2) is 37.5 Å². The van der Waals surface area contributed by atoms with Crippen molar-refractivity contribution >= 4 is 5.91 Å². The van der Waals surface area contributed by atoms with Gasteiger partial charge in [0.05, 0.1) is 0 Å². The molecule has 0 aromatic heterocycles. The van der Waals surface area contributed by atoms with Crippen molar-refractivity contribution in [1.82, 2.24) is 10.2 Å². The monoisotopic (exact) mass is 254 g/mol. The molecule has 106 valence electrons. The fourth-order valence-corrected chi connectivity index (χ4v) is 2.95. The minimum absolute atomic E-state index is 0.372. The summed E-state index contributed by atoms with van der Waals surface area (Å²) in [5, 5.41) is 3.23. The van der Waals surface area contributed by atoms with Gasteiger partial charge in [-0.25, -0.2) is 0 Å². The molecule has 0 radical (unpaired) electrons. The van der Waals surface area contributed by atoms with Gasteiger partial charge in [0.1, 0.15) is 0 Å². The normalized spacial score (nSPS) is 22.3. The maximum Gasteiger partial charge on any atom is 0.222 e. The largest absolute Gasteiger partial charge is 0.342 e. The number of nitrogens with zero attached hydrogens (tertiary/aromatic N) is 1. The Kier molecular flexibility index (Phi) is 6.69. The van der Waals surface area contributed by atoms with Gasteiger partial charge in [0.25, 0.3) is 0 Å². The van der Waals surface area contributed by atoms with Crippen molar-refractivity contribution in [2.45, 2.75) is 46.5 Å². The van der Waals surface area contributed by atoms with Crippen molar-refractivity contribution in [1.29, 1.82) is 0 Å². The SMILES string of the molecule is CCC(CC(=O)N1CCCC(CNC)C1)C(C)C. The average molecular weight is 254 g/mol. The zero-order chi connectivity index (χ0) is 13.5. The van der Waals surface area contributed by atoms with E-state index >= 15 is 0 Å². The third-order valence-corrected chi connectivity index (χ3v) is 4.27. The molecule has 1 aliphatic rings. The number of amides is 1. The number of likely N-dealkylation sites (tertiary alicyclic amines) is 1. The molecule has 1 aliphatic heterocycles. The molecule has 2 unspecified atom stereocenters. The van der Waals surface area contributed by atoms with Gasteiger partial charge in [-0.1, -0.05) is 27.2 Å². The number of hydrogen-bond donors (Lipinski definition) is 1. The van der Waals surface area contributed by atoms with Gasteiger partial charge < -0.3 is 10.2 Å². The van der Waals surface area contributed by atoms with Gasteiger partial charge in [0.2, 0.25) is 5.91 Å². The van der Waals surface area contributed by atoms with Crippen LogP contribution in [0.4, 0.5) is 0 Å². The Morgan fingerprint density at radius 2 is 2.17 bits per heavy atom. The van der Waals surface area contributed by atoms with E-state index in [1.54, 1.807) is 0 Å². The van der Waals surface area contributed by atoms with Crippen molar-refractivity contribution in [2.24, 2.45) is 17.8 Å². The van der Waals surface area contributed by atoms with Crippen LogP contribution >= 0.6 is 0 Å². The third-order valence-electron chi connectivity index (χ3n) is 4.27. The first-order valence-corrected chi connectivity index (χ1v) is 7.50. The molecule has 1 heterocycles. The molecule has 0 spiro atoms. The summed E-state index contributed by atoms with van der Waals surface area (Å²) in [6.45, 7) is 9.59. The van der Waals surface area contributed by atoms with Gasteiger partial charge in [-0.3, -0.25) is 4.79 Å². The lowest BCUT2D eigenvalue weighted by molar-refractivity contribution is -0.134. The summed E-state index contributed by atoms with van der Waals surface area (Å²) < 4.78 is 0. The van der Waals surface area contributed by atoms with Crippen molar-refractivity contribution in [3.63, 3.8) is 0 Å². The van der Waals surface area contributed by atoms with Gasteiger partial charge in [-0.15, -0.1) is 0 Å². The van der Waals surface area contributed by atoms with E-state index in [9.17, 15) is 4.79 Å². The van der Waals surface area contributed by atoms with E-state index in [1.165, 1.54) is 6.42 Å². The number of piperidine rings is 1. The quantitative estimate of drug-likeness (QED) is 0.790. The minimum atomic E-state index is 0.372. The lowest BCUT2D eigenvalue weighted by Crippen LogP contribution is -2.43. The number of carbonyl (C=O) groups excluding carboxylic acids is 1. The highest BCUT2D eigenvalue weighted by atomic mass is 16.2. The highest BCUT2D eigenvalue weighted by molar-refractivity contribution is 5.76. The molecule has 2 atom stereocenters. The molecule has 1 rings (SSSR count). The first kappa shape index (κ1) is 15.5. The first-order chi connectivity index (χ1) is 8.58. The van der Waals surface area contributed by atoms with E-state index < -0.39 is 0 Å². The summed E-state index contributed by atoms with van der Waals surface area (Å²) in [4.78, 5) is 14.4. The Labute approximate surface area is 112 Å². The summed E-state index contributed by atoms with van der Waals surface area (Å²) in [6.07, 6.45) is 4.26. The molecule has 0 saturated carbocycles. The van der Waals surface area contributed by atoms with E-state index in [1.807, 2.05) is 7.05 Å². The predicted molar refractivity (Wildman–Crippen MR) is 76.5 cm³/mol. The molecule has 0 aliphatic carbocycles. The molecule has 18 heavy (non-hydrogen) atoms.